The van der Waals surface area contributed by atoms with E-state index in [9.17, 15) is 13.6 Å². The summed E-state index contributed by atoms with van der Waals surface area (Å²) in [7, 11) is 4.06. The van der Waals surface area contributed by atoms with Crippen LogP contribution in [0, 0.1) is 11.6 Å². The molecule has 2 aromatic rings. The lowest BCUT2D eigenvalue weighted by atomic mass is 9.95. The average Bonchev–Trinajstić information content (AvgIpc) is 3.08. The van der Waals surface area contributed by atoms with Crippen molar-refractivity contribution in [1.29, 1.82) is 0 Å². The van der Waals surface area contributed by atoms with Gasteiger partial charge >= 0.3 is 0 Å². The number of halogens is 2. The predicted molar refractivity (Wildman–Crippen MR) is 92.8 cm³/mol. The van der Waals surface area contributed by atoms with Crippen LogP contribution < -0.4 is 0 Å². The topological polar surface area (TPSA) is 54.3 Å². The van der Waals surface area contributed by atoms with E-state index in [4.69, 9.17) is 0 Å². The Balaban J connectivity index is 1.63. The minimum absolute atomic E-state index is 0.266. The Morgan fingerprint density at radius 2 is 2.00 bits per heavy atom. The van der Waals surface area contributed by atoms with E-state index in [1.807, 2.05) is 20.3 Å². The summed E-state index contributed by atoms with van der Waals surface area (Å²) in [5.74, 6) is -0.900. The lowest BCUT2D eigenvalue weighted by Gasteiger charge is -2.32. The van der Waals surface area contributed by atoms with Crippen molar-refractivity contribution < 1.29 is 13.6 Å². The second-order valence-electron chi connectivity index (χ2n) is 6.83. The van der Waals surface area contributed by atoms with Gasteiger partial charge in [-0.05, 0) is 26.9 Å². The number of rotatable bonds is 5. The average molecular weight is 363 g/mol. The van der Waals surface area contributed by atoms with Gasteiger partial charge in [-0.1, -0.05) is 0 Å². The van der Waals surface area contributed by atoms with Crippen molar-refractivity contribution in [1.82, 2.24) is 24.3 Å². The Morgan fingerprint density at radius 1 is 1.27 bits per heavy atom. The molecular formula is C18H23F2N5O. The first-order valence-electron chi connectivity index (χ1n) is 8.71. The van der Waals surface area contributed by atoms with E-state index in [-0.39, 0.29) is 11.6 Å². The van der Waals surface area contributed by atoms with Gasteiger partial charge in [-0.15, -0.1) is 0 Å². The Bertz CT molecular complexity index is 769. The molecule has 1 saturated heterocycles. The molecule has 0 radical (unpaired) electrons. The molecule has 0 saturated carbocycles. The zero-order chi connectivity index (χ0) is 18.7. The van der Waals surface area contributed by atoms with Crippen LogP contribution in [0.3, 0.4) is 0 Å². The van der Waals surface area contributed by atoms with Crippen molar-refractivity contribution in [2.45, 2.75) is 25.3 Å². The largest absolute Gasteiger partial charge is 0.337 e. The molecule has 140 valence electrons. The van der Waals surface area contributed by atoms with Gasteiger partial charge in [-0.2, -0.15) is 0 Å². The van der Waals surface area contributed by atoms with Crippen molar-refractivity contribution in [3.8, 4) is 0 Å². The molecule has 0 spiro atoms. The molecule has 0 unspecified atom stereocenters. The highest BCUT2D eigenvalue weighted by molar-refractivity contribution is 5.92. The van der Waals surface area contributed by atoms with Crippen molar-refractivity contribution in [2.24, 2.45) is 0 Å². The molecule has 0 N–H and O–H groups in total. The van der Waals surface area contributed by atoms with Gasteiger partial charge in [0.05, 0.1) is 6.20 Å². The fraction of sp³-hybridized carbons (Fsp3) is 0.500. The first-order chi connectivity index (χ1) is 12.5. The highest BCUT2D eigenvalue weighted by atomic mass is 19.1. The van der Waals surface area contributed by atoms with Crippen molar-refractivity contribution in [3.05, 3.63) is 47.8 Å². The van der Waals surface area contributed by atoms with Crippen LogP contribution in [0.5, 0.6) is 0 Å². The number of amides is 1. The van der Waals surface area contributed by atoms with Crippen LogP contribution in [0.1, 0.15) is 35.1 Å². The SMILES string of the molecule is CN(C)CCn1ccnc1C1CCN(C(=O)c2ncc(F)cc2F)CC1. The summed E-state index contributed by atoms with van der Waals surface area (Å²) in [6.07, 6.45) is 6.17. The molecule has 0 bridgehead atoms. The number of likely N-dealkylation sites (N-methyl/N-ethyl adjacent to an activating group) is 1. The van der Waals surface area contributed by atoms with E-state index in [1.165, 1.54) is 0 Å². The van der Waals surface area contributed by atoms with E-state index >= 15 is 0 Å². The number of pyridine rings is 1. The Labute approximate surface area is 151 Å². The second-order valence-corrected chi connectivity index (χ2v) is 6.83. The molecule has 1 aliphatic heterocycles. The standard InChI is InChI=1S/C18H23F2N5O/c1-23(2)9-10-24-8-5-21-17(24)13-3-6-25(7-4-13)18(26)16-15(20)11-14(19)12-22-16/h5,8,11-13H,3-4,6-7,9-10H2,1-2H3. The third kappa shape index (κ3) is 4.07. The molecule has 2 aromatic heterocycles. The number of hydrogen-bond acceptors (Lipinski definition) is 4. The first kappa shape index (κ1) is 18.4. The van der Waals surface area contributed by atoms with Gasteiger partial charge in [0, 0.05) is 50.6 Å². The predicted octanol–water partition coefficient (Wildman–Crippen LogP) is 2.14. The number of likely N-dealkylation sites (tertiary alicyclic amines) is 1. The molecule has 3 rings (SSSR count). The van der Waals surface area contributed by atoms with E-state index in [0.29, 0.717) is 19.2 Å². The molecule has 1 aliphatic rings. The Hall–Kier alpha value is -2.35. The number of nitrogens with zero attached hydrogens (tertiary/aromatic N) is 5. The quantitative estimate of drug-likeness (QED) is 0.817. The van der Waals surface area contributed by atoms with Crippen LogP contribution in [0.15, 0.2) is 24.7 Å². The molecule has 6 nitrogen and oxygen atoms in total. The number of aromatic nitrogens is 3. The molecule has 1 fully saturated rings. The van der Waals surface area contributed by atoms with Crippen LogP contribution in [-0.4, -0.2) is 64.0 Å². The minimum Gasteiger partial charge on any atom is -0.337 e. The van der Waals surface area contributed by atoms with E-state index in [1.54, 1.807) is 11.1 Å². The molecule has 0 aliphatic carbocycles. The van der Waals surface area contributed by atoms with Crippen LogP contribution in [-0.2, 0) is 6.54 Å². The maximum absolute atomic E-state index is 13.8. The normalized spacial score (nSPS) is 15.7. The summed E-state index contributed by atoms with van der Waals surface area (Å²) in [5, 5.41) is 0. The maximum Gasteiger partial charge on any atom is 0.275 e. The summed E-state index contributed by atoms with van der Waals surface area (Å²) < 4.78 is 28.9. The monoisotopic (exact) mass is 363 g/mol. The lowest BCUT2D eigenvalue weighted by molar-refractivity contribution is 0.0698. The van der Waals surface area contributed by atoms with Gasteiger partial charge < -0.3 is 14.4 Å². The minimum atomic E-state index is -0.920. The summed E-state index contributed by atoms with van der Waals surface area (Å²) in [6.45, 7) is 2.80. The Morgan fingerprint density at radius 3 is 2.65 bits per heavy atom. The van der Waals surface area contributed by atoms with Gasteiger partial charge in [0.15, 0.2) is 11.5 Å². The van der Waals surface area contributed by atoms with Crippen LogP contribution in [0.25, 0.3) is 0 Å². The van der Waals surface area contributed by atoms with Gasteiger partial charge in [0.1, 0.15) is 11.6 Å². The lowest BCUT2D eigenvalue weighted by Crippen LogP contribution is -2.39. The number of imidazole rings is 1. The van der Waals surface area contributed by atoms with Gasteiger partial charge in [0.2, 0.25) is 0 Å². The maximum atomic E-state index is 13.8. The number of carbonyl (C=O) groups is 1. The summed E-state index contributed by atoms with van der Waals surface area (Å²) in [6, 6.07) is 0.689. The molecule has 1 amide bonds. The highest BCUT2D eigenvalue weighted by Crippen LogP contribution is 2.27. The fourth-order valence-electron chi connectivity index (χ4n) is 3.24. The summed E-state index contributed by atoms with van der Waals surface area (Å²) in [5.41, 5.74) is -0.322. The van der Waals surface area contributed by atoms with Gasteiger partial charge in [-0.3, -0.25) is 4.79 Å². The van der Waals surface area contributed by atoms with Crippen LogP contribution >= 0.6 is 0 Å². The van der Waals surface area contributed by atoms with Crippen molar-refractivity contribution >= 4 is 5.91 Å². The summed E-state index contributed by atoms with van der Waals surface area (Å²) >= 11 is 0. The molecular weight excluding hydrogens is 340 g/mol. The third-order valence-electron chi connectivity index (χ3n) is 4.69. The number of hydrogen-bond donors (Lipinski definition) is 0. The molecule has 0 atom stereocenters. The van der Waals surface area contributed by atoms with Gasteiger partial charge in [0.25, 0.3) is 5.91 Å². The van der Waals surface area contributed by atoms with E-state index in [0.717, 1.165) is 38.0 Å². The fourth-order valence-corrected chi connectivity index (χ4v) is 3.24. The highest BCUT2D eigenvalue weighted by Gasteiger charge is 2.28. The third-order valence-corrected chi connectivity index (χ3v) is 4.69. The van der Waals surface area contributed by atoms with Crippen molar-refractivity contribution in [2.75, 3.05) is 33.7 Å². The molecule has 8 heteroatoms. The van der Waals surface area contributed by atoms with Crippen LogP contribution in [0.4, 0.5) is 8.78 Å². The molecule has 3 heterocycles. The molecule has 0 aromatic carbocycles. The second kappa shape index (κ2) is 7.90. The Kier molecular flexibility index (Phi) is 5.61. The van der Waals surface area contributed by atoms with Crippen molar-refractivity contribution in [3.63, 3.8) is 0 Å². The smallest absolute Gasteiger partial charge is 0.275 e. The van der Waals surface area contributed by atoms with E-state index < -0.39 is 17.5 Å². The number of carbonyl (C=O) groups excluding carboxylic acids is 1. The zero-order valence-corrected chi connectivity index (χ0v) is 15.0. The summed E-state index contributed by atoms with van der Waals surface area (Å²) in [4.78, 5) is 24.3. The zero-order valence-electron chi connectivity index (χ0n) is 15.0. The van der Waals surface area contributed by atoms with Gasteiger partial charge in [-0.25, -0.2) is 18.7 Å². The molecule has 26 heavy (non-hydrogen) atoms. The number of piperidine rings is 1. The van der Waals surface area contributed by atoms with Crippen LogP contribution in [0.2, 0.25) is 0 Å². The van der Waals surface area contributed by atoms with E-state index in [2.05, 4.69) is 19.4 Å². The first-order valence-corrected chi connectivity index (χ1v) is 8.71.